The summed E-state index contributed by atoms with van der Waals surface area (Å²) in [4.78, 5) is 23.3. The van der Waals surface area contributed by atoms with Gasteiger partial charge in [-0.1, -0.05) is 31.0 Å². The number of carboxylic acid groups (broad SMARTS) is 1. The molecular formula is C18H25NO5. The lowest BCUT2D eigenvalue weighted by atomic mass is 9.98. The number of carbonyl (C=O) groups is 2. The van der Waals surface area contributed by atoms with Gasteiger partial charge in [-0.3, -0.25) is 9.59 Å². The maximum Gasteiger partial charge on any atom is 0.308 e. The van der Waals surface area contributed by atoms with Crippen LogP contribution in [0.3, 0.4) is 0 Å². The van der Waals surface area contributed by atoms with Crippen LogP contribution < -0.4 is 10.1 Å². The number of hydrogen-bond acceptors (Lipinski definition) is 4. The monoisotopic (exact) mass is 335 g/mol. The SMILES string of the molecule is COc1ccccc1CC(CNC(=O)COC1CCCC1)C(=O)O. The van der Waals surface area contributed by atoms with Crippen LogP contribution in [0.25, 0.3) is 0 Å². The van der Waals surface area contributed by atoms with Crippen molar-refractivity contribution in [2.75, 3.05) is 20.3 Å². The molecule has 1 atom stereocenters. The zero-order valence-electron chi connectivity index (χ0n) is 14.0. The van der Waals surface area contributed by atoms with Gasteiger partial charge in [0.15, 0.2) is 0 Å². The highest BCUT2D eigenvalue weighted by Crippen LogP contribution is 2.21. The van der Waals surface area contributed by atoms with E-state index >= 15 is 0 Å². The van der Waals surface area contributed by atoms with E-state index in [9.17, 15) is 14.7 Å². The van der Waals surface area contributed by atoms with Crippen molar-refractivity contribution in [3.63, 3.8) is 0 Å². The molecule has 1 amide bonds. The quantitative estimate of drug-likeness (QED) is 0.721. The average molecular weight is 335 g/mol. The first-order valence-corrected chi connectivity index (χ1v) is 8.33. The number of nitrogens with one attached hydrogen (secondary N) is 1. The van der Waals surface area contributed by atoms with Gasteiger partial charge in [0.05, 0.1) is 19.1 Å². The van der Waals surface area contributed by atoms with Gasteiger partial charge in [0.1, 0.15) is 12.4 Å². The van der Waals surface area contributed by atoms with Crippen molar-refractivity contribution < 1.29 is 24.2 Å². The van der Waals surface area contributed by atoms with Crippen LogP contribution in [0.5, 0.6) is 5.75 Å². The number of carbonyl (C=O) groups excluding carboxylic acids is 1. The van der Waals surface area contributed by atoms with Crippen molar-refractivity contribution in [3.8, 4) is 5.75 Å². The molecule has 6 nitrogen and oxygen atoms in total. The highest BCUT2D eigenvalue weighted by molar-refractivity contribution is 5.78. The molecule has 1 unspecified atom stereocenters. The Hall–Kier alpha value is -2.08. The molecule has 1 aromatic carbocycles. The first kappa shape index (κ1) is 18.3. The van der Waals surface area contributed by atoms with Crippen LogP contribution in [0, 0.1) is 5.92 Å². The van der Waals surface area contributed by atoms with E-state index in [1.54, 1.807) is 13.2 Å². The Bertz CT molecular complexity index is 554. The van der Waals surface area contributed by atoms with Gasteiger partial charge in [-0.05, 0) is 30.9 Å². The third-order valence-corrected chi connectivity index (χ3v) is 4.31. The van der Waals surface area contributed by atoms with Crippen molar-refractivity contribution >= 4 is 11.9 Å². The van der Waals surface area contributed by atoms with E-state index in [-0.39, 0.29) is 25.2 Å². The lowest BCUT2D eigenvalue weighted by molar-refractivity contribution is -0.141. The van der Waals surface area contributed by atoms with E-state index < -0.39 is 11.9 Å². The fourth-order valence-corrected chi connectivity index (χ4v) is 2.92. The molecule has 1 saturated carbocycles. The standard InChI is InChI=1S/C18H25NO5/c1-23-16-9-5-2-6-13(16)10-14(18(21)22)11-19-17(20)12-24-15-7-3-4-8-15/h2,5-6,9,14-15H,3-4,7-8,10-12H2,1H3,(H,19,20)(H,21,22). The minimum Gasteiger partial charge on any atom is -0.496 e. The Labute approximate surface area is 142 Å². The molecular weight excluding hydrogens is 310 g/mol. The fourth-order valence-electron chi connectivity index (χ4n) is 2.92. The summed E-state index contributed by atoms with van der Waals surface area (Å²) in [5.41, 5.74) is 0.809. The molecule has 0 aliphatic heterocycles. The highest BCUT2D eigenvalue weighted by Gasteiger charge is 2.21. The largest absolute Gasteiger partial charge is 0.496 e. The maximum atomic E-state index is 11.8. The van der Waals surface area contributed by atoms with E-state index in [1.165, 1.54) is 0 Å². The topological polar surface area (TPSA) is 84.9 Å². The Morgan fingerprint density at radius 1 is 1.29 bits per heavy atom. The number of carboxylic acids is 1. The van der Waals surface area contributed by atoms with Gasteiger partial charge >= 0.3 is 5.97 Å². The van der Waals surface area contributed by atoms with E-state index in [0.717, 1.165) is 31.2 Å². The second kappa shape index (κ2) is 9.27. The molecule has 24 heavy (non-hydrogen) atoms. The van der Waals surface area contributed by atoms with E-state index in [2.05, 4.69) is 5.32 Å². The number of aliphatic carboxylic acids is 1. The number of methoxy groups -OCH3 is 1. The molecule has 0 aromatic heterocycles. The van der Waals surface area contributed by atoms with Crippen LogP contribution >= 0.6 is 0 Å². The molecule has 1 aliphatic carbocycles. The van der Waals surface area contributed by atoms with Crippen molar-refractivity contribution in [1.29, 1.82) is 0 Å². The fraction of sp³-hybridized carbons (Fsp3) is 0.556. The van der Waals surface area contributed by atoms with Crippen LogP contribution in [-0.4, -0.2) is 43.3 Å². The van der Waals surface area contributed by atoms with Gasteiger partial charge in [0.2, 0.25) is 5.91 Å². The third kappa shape index (κ3) is 5.53. The van der Waals surface area contributed by atoms with Crippen LogP contribution in [0.4, 0.5) is 0 Å². The van der Waals surface area contributed by atoms with Gasteiger partial charge in [0.25, 0.3) is 0 Å². The summed E-state index contributed by atoms with van der Waals surface area (Å²) in [6.07, 6.45) is 4.75. The Kier molecular flexibility index (Phi) is 7.06. The Morgan fingerprint density at radius 2 is 2.00 bits per heavy atom. The van der Waals surface area contributed by atoms with Gasteiger partial charge in [-0.15, -0.1) is 0 Å². The first-order chi connectivity index (χ1) is 11.6. The number of para-hydroxylation sites is 1. The van der Waals surface area contributed by atoms with Crippen LogP contribution in [0.15, 0.2) is 24.3 Å². The molecule has 6 heteroatoms. The van der Waals surface area contributed by atoms with Crippen LogP contribution in [0.2, 0.25) is 0 Å². The maximum absolute atomic E-state index is 11.8. The van der Waals surface area contributed by atoms with Gasteiger partial charge < -0.3 is 19.9 Å². The second-order valence-electron chi connectivity index (χ2n) is 6.07. The summed E-state index contributed by atoms with van der Waals surface area (Å²) in [7, 11) is 1.55. The normalized spacial score (nSPS) is 15.9. The number of hydrogen-bond donors (Lipinski definition) is 2. The average Bonchev–Trinajstić information content (AvgIpc) is 3.10. The molecule has 2 rings (SSSR count). The molecule has 0 saturated heterocycles. The summed E-state index contributed by atoms with van der Waals surface area (Å²) < 4.78 is 10.8. The molecule has 0 spiro atoms. The van der Waals surface area contributed by atoms with Crippen molar-refractivity contribution in [1.82, 2.24) is 5.32 Å². The van der Waals surface area contributed by atoms with E-state index in [4.69, 9.17) is 9.47 Å². The zero-order valence-corrected chi connectivity index (χ0v) is 14.0. The van der Waals surface area contributed by atoms with Crippen LogP contribution in [0.1, 0.15) is 31.2 Å². The Balaban J connectivity index is 1.82. The minimum atomic E-state index is -0.946. The van der Waals surface area contributed by atoms with Crippen LogP contribution in [-0.2, 0) is 20.7 Å². The predicted octanol–water partition coefficient (Wildman–Crippen LogP) is 2.01. The van der Waals surface area contributed by atoms with Gasteiger partial charge in [0, 0.05) is 6.54 Å². The summed E-state index contributed by atoms with van der Waals surface area (Å²) in [5, 5.41) is 12.1. The second-order valence-corrected chi connectivity index (χ2v) is 6.07. The molecule has 0 bridgehead atoms. The lowest BCUT2D eigenvalue weighted by Gasteiger charge is -2.16. The molecule has 0 heterocycles. The molecule has 1 aliphatic rings. The zero-order chi connectivity index (χ0) is 17.4. The predicted molar refractivity (Wildman–Crippen MR) is 89.0 cm³/mol. The van der Waals surface area contributed by atoms with Gasteiger partial charge in [-0.2, -0.15) is 0 Å². The molecule has 1 aromatic rings. The summed E-state index contributed by atoms with van der Waals surface area (Å²) in [5.74, 6) is -1.28. The third-order valence-electron chi connectivity index (χ3n) is 4.31. The van der Waals surface area contributed by atoms with Crippen molar-refractivity contribution in [2.45, 2.75) is 38.2 Å². The molecule has 2 N–H and O–H groups in total. The molecule has 0 radical (unpaired) electrons. The van der Waals surface area contributed by atoms with E-state index in [1.807, 2.05) is 18.2 Å². The van der Waals surface area contributed by atoms with Crippen molar-refractivity contribution in [2.24, 2.45) is 5.92 Å². The van der Waals surface area contributed by atoms with Crippen molar-refractivity contribution in [3.05, 3.63) is 29.8 Å². The number of amides is 1. The number of rotatable bonds is 9. The summed E-state index contributed by atoms with van der Waals surface area (Å²) >= 11 is 0. The van der Waals surface area contributed by atoms with Gasteiger partial charge in [-0.25, -0.2) is 0 Å². The number of ether oxygens (including phenoxy) is 2. The summed E-state index contributed by atoms with van der Waals surface area (Å²) in [6.45, 7) is 0.0614. The minimum absolute atomic E-state index is 0.00827. The first-order valence-electron chi connectivity index (χ1n) is 8.33. The summed E-state index contributed by atoms with van der Waals surface area (Å²) in [6, 6.07) is 7.30. The smallest absolute Gasteiger partial charge is 0.308 e. The molecule has 1 fully saturated rings. The lowest BCUT2D eigenvalue weighted by Crippen LogP contribution is -2.36. The van der Waals surface area contributed by atoms with E-state index in [0.29, 0.717) is 12.2 Å². The molecule has 132 valence electrons. The Morgan fingerprint density at radius 3 is 2.67 bits per heavy atom. The highest BCUT2D eigenvalue weighted by atomic mass is 16.5. The number of benzene rings is 1.